The van der Waals surface area contributed by atoms with Crippen LogP contribution in [0.5, 0.6) is 0 Å². The van der Waals surface area contributed by atoms with E-state index in [0.717, 1.165) is 51.4 Å². The van der Waals surface area contributed by atoms with E-state index in [0.29, 0.717) is 12.8 Å². The fourth-order valence-corrected chi connectivity index (χ4v) is 9.29. The second kappa shape index (κ2) is 34.4. The van der Waals surface area contributed by atoms with Crippen molar-refractivity contribution in [3.05, 3.63) is 0 Å². The molecule has 19 heteroatoms. The molecule has 0 aromatic rings. The molecule has 14 nitrogen and oxygen atoms in total. The standard InChI is InChI=1S/2C17H34O7S2.Co/c2*1-2-3-4-5-6-7-8-9-10-11-12-13-14-15-17(18)24-26(22,23)16-25(19,20)21;/h2*2-16H2,1H3,(H,19,20,21);/q;;+2/p-2. The molecular formula is C34H66CoO14S4. The van der Waals surface area contributed by atoms with Crippen molar-refractivity contribution in [2.24, 2.45) is 0 Å². The molecule has 0 aromatic heterocycles. The zero-order valence-electron chi connectivity index (χ0n) is 31.9. The predicted octanol–water partition coefficient (Wildman–Crippen LogP) is 7.68. The minimum absolute atomic E-state index is 0. The molecule has 0 rings (SSSR count). The zero-order valence-corrected chi connectivity index (χ0v) is 36.2. The Bertz CT molecular complexity index is 1250. The Balaban J connectivity index is -0.000000926. The van der Waals surface area contributed by atoms with Crippen LogP contribution in [0, 0.1) is 0 Å². The topological polar surface area (TPSA) is 235 Å². The summed E-state index contributed by atoms with van der Waals surface area (Å²) >= 11 is 0. The van der Waals surface area contributed by atoms with Gasteiger partial charge in [0.25, 0.3) is 0 Å². The first-order valence-corrected chi connectivity index (χ1v) is 25.4. The summed E-state index contributed by atoms with van der Waals surface area (Å²) in [6, 6.07) is 0. The van der Waals surface area contributed by atoms with Crippen LogP contribution in [0.4, 0.5) is 0 Å². The molecule has 0 fully saturated rings. The Morgan fingerprint density at radius 2 is 0.566 bits per heavy atom. The van der Waals surface area contributed by atoms with E-state index in [2.05, 4.69) is 22.2 Å². The molecule has 0 spiro atoms. The van der Waals surface area contributed by atoms with Crippen molar-refractivity contribution in [1.29, 1.82) is 0 Å². The third-order valence-electron chi connectivity index (χ3n) is 7.99. The van der Waals surface area contributed by atoms with Crippen LogP contribution in [0.1, 0.15) is 194 Å². The van der Waals surface area contributed by atoms with E-state index in [-0.39, 0.29) is 29.6 Å². The molecule has 1 radical (unpaired) electrons. The summed E-state index contributed by atoms with van der Waals surface area (Å²) in [5.74, 6) is -2.03. The Morgan fingerprint density at radius 1 is 0.377 bits per heavy atom. The summed E-state index contributed by atoms with van der Waals surface area (Å²) in [6.45, 7) is 4.43. The van der Waals surface area contributed by atoms with Gasteiger partial charge < -0.3 is 17.5 Å². The molecule has 0 aliphatic carbocycles. The number of rotatable bonds is 34. The van der Waals surface area contributed by atoms with Gasteiger partial charge in [-0.1, -0.05) is 168 Å². The molecule has 0 heterocycles. The maximum Gasteiger partial charge on any atom is 2.00 e. The Morgan fingerprint density at radius 3 is 0.755 bits per heavy atom. The predicted molar refractivity (Wildman–Crippen MR) is 200 cm³/mol. The fourth-order valence-electron chi connectivity index (χ4n) is 5.34. The van der Waals surface area contributed by atoms with Gasteiger partial charge in [0.1, 0.15) is 20.2 Å². The van der Waals surface area contributed by atoms with Crippen LogP contribution in [-0.4, -0.2) is 64.9 Å². The van der Waals surface area contributed by atoms with Gasteiger partial charge in [-0.25, -0.2) is 16.8 Å². The first kappa shape index (κ1) is 56.5. The summed E-state index contributed by atoms with van der Waals surface area (Å²) in [6.07, 6.45) is 29.5. The molecule has 0 unspecified atom stereocenters. The zero-order chi connectivity index (χ0) is 39.8. The molecule has 0 saturated carbocycles. The quantitative estimate of drug-likeness (QED) is 0.0342. The van der Waals surface area contributed by atoms with Crippen LogP contribution in [-0.2, 0) is 75.2 Å². The van der Waals surface area contributed by atoms with Crippen LogP contribution in [0.2, 0.25) is 0 Å². The third-order valence-corrected chi connectivity index (χ3v) is 13.5. The molecule has 0 bridgehead atoms. The summed E-state index contributed by atoms with van der Waals surface area (Å²) < 4.78 is 115. The Hall–Kier alpha value is -0.834. The molecule has 0 amide bonds. The second-order valence-corrected chi connectivity index (χ2v) is 20.0. The van der Waals surface area contributed by atoms with Gasteiger partial charge in [0.2, 0.25) is 0 Å². The number of hydrogen-bond donors (Lipinski definition) is 0. The fraction of sp³-hybridized carbons (Fsp3) is 0.941. The molecule has 0 N–H and O–H groups in total. The first-order chi connectivity index (χ1) is 24.3. The second-order valence-electron chi connectivity index (χ2n) is 13.4. The van der Waals surface area contributed by atoms with Crippen LogP contribution < -0.4 is 0 Å². The summed E-state index contributed by atoms with van der Waals surface area (Å²) in [5, 5.41) is -3.44. The van der Waals surface area contributed by atoms with Crippen molar-refractivity contribution in [2.75, 3.05) is 10.2 Å². The molecule has 0 aliphatic heterocycles. The SMILES string of the molecule is CCCCCCCCCCCCCCCC(=O)OS(=O)(=O)CS(=O)(=O)[O-].CCCCCCCCCCCCCCCC(=O)OS(=O)(=O)CS(=O)(=O)[O-].[Co+2]. The van der Waals surface area contributed by atoms with E-state index in [1.54, 1.807) is 0 Å². The van der Waals surface area contributed by atoms with E-state index in [9.17, 15) is 52.4 Å². The number of unbranched alkanes of at least 4 members (excludes halogenated alkanes) is 24. The number of carbonyl (C=O) groups excluding carboxylic acids is 2. The summed E-state index contributed by atoms with van der Waals surface area (Å²) in [4.78, 5) is 22.7. The van der Waals surface area contributed by atoms with Crippen molar-refractivity contribution in [3.63, 3.8) is 0 Å². The van der Waals surface area contributed by atoms with Crippen molar-refractivity contribution in [3.8, 4) is 0 Å². The largest absolute Gasteiger partial charge is 2.00 e. The maximum atomic E-state index is 11.3. The third kappa shape index (κ3) is 47.2. The van der Waals surface area contributed by atoms with Crippen molar-refractivity contribution < 1.29 is 77.5 Å². The van der Waals surface area contributed by atoms with Crippen molar-refractivity contribution in [2.45, 2.75) is 194 Å². The Kier molecular flexibility index (Phi) is 36.7. The summed E-state index contributed by atoms with van der Waals surface area (Å²) in [5.41, 5.74) is 0. The molecule has 0 saturated heterocycles. The Labute approximate surface area is 332 Å². The van der Waals surface area contributed by atoms with Gasteiger partial charge in [0, 0.05) is 12.8 Å². The van der Waals surface area contributed by atoms with Crippen LogP contribution >= 0.6 is 0 Å². The molecular weight excluding hydrogens is 820 g/mol. The van der Waals surface area contributed by atoms with Crippen LogP contribution in [0.25, 0.3) is 0 Å². The first-order valence-electron chi connectivity index (χ1n) is 19.1. The van der Waals surface area contributed by atoms with Crippen molar-refractivity contribution in [1.82, 2.24) is 0 Å². The smallest absolute Gasteiger partial charge is 0.747 e. The average Bonchev–Trinajstić information content (AvgIpc) is 2.99. The minimum Gasteiger partial charge on any atom is -0.747 e. The van der Waals surface area contributed by atoms with E-state index in [1.807, 2.05) is 0 Å². The molecule has 53 heavy (non-hydrogen) atoms. The van der Waals surface area contributed by atoms with Gasteiger partial charge in [0.15, 0.2) is 10.2 Å². The number of carbonyl (C=O) groups is 2. The van der Waals surface area contributed by atoms with E-state index < -0.39 is 62.6 Å². The molecule has 0 aliphatic rings. The van der Waals surface area contributed by atoms with Gasteiger partial charge in [-0.15, -0.1) is 0 Å². The minimum atomic E-state index is -4.99. The molecule has 0 atom stereocenters. The van der Waals surface area contributed by atoms with E-state index in [4.69, 9.17) is 0 Å². The van der Waals surface area contributed by atoms with Crippen LogP contribution in [0.3, 0.4) is 0 Å². The summed E-state index contributed by atoms with van der Waals surface area (Å²) in [7, 11) is -19.3. The van der Waals surface area contributed by atoms with E-state index in [1.165, 1.54) is 103 Å². The monoisotopic (exact) mass is 885 g/mol. The van der Waals surface area contributed by atoms with Crippen molar-refractivity contribution >= 4 is 52.4 Å². The van der Waals surface area contributed by atoms with Gasteiger partial charge in [0.05, 0.1) is 0 Å². The van der Waals surface area contributed by atoms with Gasteiger partial charge >= 0.3 is 49.0 Å². The van der Waals surface area contributed by atoms with Gasteiger partial charge in [-0.3, -0.25) is 9.59 Å². The number of hydrogen-bond acceptors (Lipinski definition) is 14. The normalized spacial score (nSPS) is 12.0. The maximum absolute atomic E-state index is 11.3. The van der Waals surface area contributed by atoms with Gasteiger partial charge in [-0.2, -0.15) is 16.8 Å². The van der Waals surface area contributed by atoms with Crippen LogP contribution in [0.15, 0.2) is 0 Å². The molecule has 0 aromatic carbocycles. The molecule has 319 valence electrons. The van der Waals surface area contributed by atoms with Gasteiger partial charge in [-0.05, 0) is 12.8 Å². The average molecular weight is 886 g/mol. The van der Waals surface area contributed by atoms with E-state index >= 15 is 0 Å².